The summed E-state index contributed by atoms with van der Waals surface area (Å²) in [5, 5.41) is 0. The minimum absolute atomic E-state index is 0.289. The van der Waals surface area contributed by atoms with Crippen LogP contribution in [0.15, 0.2) is 47.5 Å². The van der Waals surface area contributed by atoms with E-state index in [9.17, 15) is 8.42 Å². The number of hydrogen-bond acceptors (Lipinski definition) is 4. The Morgan fingerprint density at radius 1 is 1.09 bits per heavy atom. The van der Waals surface area contributed by atoms with E-state index in [4.69, 9.17) is 0 Å². The number of hydrogen-bond donors (Lipinski definition) is 0. The minimum Gasteiger partial charge on any atom is -0.377 e. The number of rotatable bonds is 5. The zero-order chi connectivity index (χ0) is 17.2. The fourth-order valence-electron chi connectivity index (χ4n) is 2.42. The van der Waals surface area contributed by atoms with Crippen molar-refractivity contribution in [3.8, 4) is 0 Å². The SMILES string of the molecule is Cc1ccc(S(=O)(=O)N(C)C(C)c2ccccn2)cc1N(C)C. The van der Waals surface area contributed by atoms with Gasteiger partial charge in [0.2, 0.25) is 10.0 Å². The van der Waals surface area contributed by atoms with E-state index in [-0.39, 0.29) is 10.9 Å². The maximum Gasteiger partial charge on any atom is 0.243 e. The number of anilines is 1. The topological polar surface area (TPSA) is 53.5 Å². The van der Waals surface area contributed by atoms with Gasteiger partial charge in [0.25, 0.3) is 0 Å². The summed E-state index contributed by atoms with van der Waals surface area (Å²) in [6.07, 6.45) is 1.67. The lowest BCUT2D eigenvalue weighted by Crippen LogP contribution is -2.30. The molecule has 1 heterocycles. The lowest BCUT2D eigenvalue weighted by atomic mass is 10.2. The van der Waals surface area contributed by atoms with E-state index in [1.54, 1.807) is 25.4 Å². The minimum atomic E-state index is -3.59. The molecule has 0 radical (unpaired) electrons. The lowest BCUT2D eigenvalue weighted by Gasteiger charge is -2.25. The van der Waals surface area contributed by atoms with Crippen molar-refractivity contribution < 1.29 is 8.42 Å². The highest BCUT2D eigenvalue weighted by Gasteiger charge is 2.27. The van der Waals surface area contributed by atoms with E-state index in [0.717, 1.165) is 16.9 Å². The van der Waals surface area contributed by atoms with Crippen molar-refractivity contribution in [3.05, 3.63) is 53.9 Å². The van der Waals surface area contributed by atoms with Gasteiger partial charge in [-0.2, -0.15) is 4.31 Å². The molecule has 1 atom stereocenters. The summed E-state index contributed by atoms with van der Waals surface area (Å²) in [4.78, 5) is 6.45. The van der Waals surface area contributed by atoms with Crippen LogP contribution in [0.4, 0.5) is 5.69 Å². The average Bonchev–Trinajstić information content (AvgIpc) is 2.54. The highest BCUT2D eigenvalue weighted by atomic mass is 32.2. The van der Waals surface area contributed by atoms with Gasteiger partial charge in [-0.15, -0.1) is 0 Å². The van der Waals surface area contributed by atoms with E-state index in [1.807, 2.05) is 57.1 Å². The second kappa shape index (κ2) is 6.68. The van der Waals surface area contributed by atoms with Crippen molar-refractivity contribution in [1.29, 1.82) is 0 Å². The molecule has 0 aliphatic rings. The van der Waals surface area contributed by atoms with E-state index in [1.165, 1.54) is 4.31 Å². The molecule has 0 spiro atoms. The summed E-state index contributed by atoms with van der Waals surface area (Å²) in [5.41, 5.74) is 2.65. The maximum atomic E-state index is 12.9. The van der Waals surface area contributed by atoms with Gasteiger partial charge in [-0.05, 0) is 43.7 Å². The van der Waals surface area contributed by atoms with E-state index in [0.29, 0.717) is 0 Å². The maximum absolute atomic E-state index is 12.9. The third-order valence-electron chi connectivity index (χ3n) is 4.00. The lowest BCUT2D eigenvalue weighted by molar-refractivity contribution is 0.392. The summed E-state index contributed by atoms with van der Waals surface area (Å²) >= 11 is 0. The van der Waals surface area contributed by atoms with Gasteiger partial charge in [-0.1, -0.05) is 12.1 Å². The Bertz CT molecular complexity index is 774. The molecule has 5 nitrogen and oxygen atoms in total. The first-order valence-corrected chi connectivity index (χ1v) is 8.86. The Morgan fingerprint density at radius 3 is 2.35 bits per heavy atom. The Balaban J connectivity index is 2.40. The summed E-state index contributed by atoms with van der Waals surface area (Å²) in [6.45, 7) is 3.80. The number of benzene rings is 1. The van der Waals surface area contributed by atoms with Crippen molar-refractivity contribution in [1.82, 2.24) is 9.29 Å². The van der Waals surface area contributed by atoms with Crippen LogP contribution in [0, 0.1) is 6.92 Å². The van der Waals surface area contributed by atoms with Gasteiger partial charge < -0.3 is 4.90 Å². The van der Waals surface area contributed by atoms with Gasteiger partial charge in [-0.25, -0.2) is 8.42 Å². The molecule has 1 unspecified atom stereocenters. The summed E-state index contributed by atoms with van der Waals surface area (Å²) < 4.78 is 27.2. The smallest absolute Gasteiger partial charge is 0.243 e. The molecule has 1 aromatic carbocycles. The number of aromatic nitrogens is 1. The number of aryl methyl sites for hydroxylation is 1. The Kier molecular flexibility index (Phi) is 5.06. The monoisotopic (exact) mass is 333 g/mol. The number of sulfonamides is 1. The van der Waals surface area contributed by atoms with Crippen molar-refractivity contribution in [3.63, 3.8) is 0 Å². The number of nitrogens with zero attached hydrogens (tertiary/aromatic N) is 3. The molecule has 1 aromatic heterocycles. The molecular weight excluding hydrogens is 310 g/mol. The van der Waals surface area contributed by atoms with Crippen LogP contribution in [0.1, 0.15) is 24.2 Å². The molecule has 6 heteroatoms. The van der Waals surface area contributed by atoms with Gasteiger partial charge >= 0.3 is 0 Å². The second-order valence-electron chi connectivity index (χ2n) is 5.79. The third kappa shape index (κ3) is 3.54. The summed E-state index contributed by atoms with van der Waals surface area (Å²) in [7, 11) is 1.80. The predicted octanol–water partition coefficient (Wildman–Crippen LogP) is 2.84. The Hall–Kier alpha value is -1.92. The molecule has 0 N–H and O–H groups in total. The van der Waals surface area contributed by atoms with Crippen LogP contribution in [-0.2, 0) is 10.0 Å². The predicted molar refractivity (Wildman–Crippen MR) is 93.1 cm³/mol. The third-order valence-corrected chi connectivity index (χ3v) is 5.92. The normalized spacial score (nSPS) is 13.1. The highest BCUT2D eigenvalue weighted by molar-refractivity contribution is 7.89. The van der Waals surface area contributed by atoms with Crippen LogP contribution in [0.5, 0.6) is 0 Å². The molecule has 0 amide bonds. The Morgan fingerprint density at radius 2 is 1.78 bits per heavy atom. The first-order chi connectivity index (χ1) is 10.7. The largest absolute Gasteiger partial charge is 0.377 e. The summed E-state index contributed by atoms with van der Waals surface area (Å²) in [6, 6.07) is 10.4. The van der Waals surface area contributed by atoms with Crippen LogP contribution in [-0.4, -0.2) is 38.9 Å². The molecule has 0 bridgehead atoms. The van der Waals surface area contributed by atoms with Crippen LogP contribution >= 0.6 is 0 Å². The number of pyridine rings is 1. The van der Waals surface area contributed by atoms with E-state index >= 15 is 0 Å². The first-order valence-electron chi connectivity index (χ1n) is 7.42. The van der Waals surface area contributed by atoms with Crippen molar-refractivity contribution in [2.24, 2.45) is 0 Å². The van der Waals surface area contributed by atoms with Gasteiger partial charge in [0.05, 0.1) is 16.6 Å². The van der Waals surface area contributed by atoms with E-state index < -0.39 is 10.0 Å². The van der Waals surface area contributed by atoms with Crippen LogP contribution in [0.3, 0.4) is 0 Å². The quantitative estimate of drug-likeness (QED) is 0.844. The molecule has 2 rings (SSSR count). The second-order valence-corrected chi connectivity index (χ2v) is 7.79. The fraction of sp³-hybridized carbons (Fsp3) is 0.353. The molecule has 0 fully saturated rings. The Labute approximate surface area is 138 Å². The van der Waals surface area contributed by atoms with Gasteiger partial charge in [0.1, 0.15) is 0 Å². The van der Waals surface area contributed by atoms with Crippen molar-refractivity contribution in [2.75, 3.05) is 26.0 Å². The van der Waals surface area contributed by atoms with Gasteiger partial charge in [-0.3, -0.25) is 4.98 Å². The van der Waals surface area contributed by atoms with Gasteiger partial charge in [0, 0.05) is 33.0 Å². The molecular formula is C17H23N3O2S. The average molecular weight is 333 g/mol. The van der Waals surface area contributed by atoms with E-state index in [2.05, 4.69) is 4.98 Å². The zero-order valence-electron chi connectivity index (χ0n) is 14.2. The standard InChI is InChI=1S/C17H23N3O2S/c1-13-9-10-15(12-17(13)19(3)4)23(21,22)20(5)14(2)16-8-6-7-11-18-16/h6-12,14H,1-5H3. The molecule has 0 aliphatic carbocycles. The van der Waals surface area contributed by atoms with Gasteiger partial charge in [0.15, 0.2) is 0 Å². The van der Waals surface area contributed by atoms with Crippen LogP contribution < -0.4 is 4.90 Å². The molecule has 23 heavy (non-hydrogen) atoms. The van der Waals surface area contributed by atoms with Crippen LogP contribution in [0.2, 0.25) is 0 Å². The first kappa shape index (κ1) is 17.4. The van der Waals surface area contributed by atoms with Crippen molar-refractivity contribution >= 4 is 15.7 Å². The zero-order valence-corrected chi connectivity index (χ0v) is 15.0. The highest BCUT2D eigenvalue weighted by Crippen LogP contribution is 2.28. The van der Waals surface area contributed by atoms with Crippen LogP contribution in [0.25, 0.3) is 0 Å². The fourth-order valence-corrected chi connectivity index (χ4v) is 3.77. The molecule has 124 valence electrons. The summed E-state index contributed by atoms with van der Waals surface area (Å²) in [5.74, 6) is 0. The molecule has 0 aliphatic heterocycles. The molecule has 0 saturated carbocycles. The molecule has 0 saturated heterocycles. The van der Waals surface area contributed by atoms with Crippen molar-refractivity contribution in [2.45, 2.75) is 24.8 Å². The molecule has 2 aromatic rings.